The number of allylic oxidation sites excluding steroid dienone is 7. The lowest BCUT2D eigenvalue weighted by atomic mass is 9.83. The molecule has 212 valence electrons. The summed E-state index contributed by atoms with van der Waals surface area (Å²) >= 11 is 0. The molecule has 1 N–H and O–H groups in total. The van der Waals surface area contributed by atoms with Gasteiger partial charge in [-0.15, -0.1) is 0 Å². The van der Waals surface area contributed by atoms with Gasteiger partial charge in [-0.25, -0.2) is 4.79 Å². The van der Waals surface area contributed by atoms with E-state index in [1.807, 2.05) is 52.8 Å². The number of esters is 1. The summed E-state index contributed by atoms with van der Waals surface area (Å²) in [6.45, 7) is 16.6. The van der Waals surface area contributed by atoms with E-state index in [-0.39, 0.29) is 59.8 Å². The molecule has 2 aliphatic rings. The Morgan fingerprint density at radius 3 is 2.58 bits per heavy atom. The van der Waals surface area contributed by atoms with Crippen molar-refractivity contribution in [3.63, 3.8) is 0 Å². The van der Waals surface area contributed by atoms with Gasteiger partial charge in [0.05, 0.1) is 11.7 Å². The summed E-state index contributed by atoms with van der Waals surface area (Å²) < 4.78 is 11.7. The zero-order valence-electron chi connectivity index (χ0n) is 24.8. The molecule has 2 heterocycles. The SMILES string of the molecule is CCC(=C/[C@@H](C)C/C=C/C(C)=C/[C@H](C)C(=O)[C@H](C)[C@H]1O[C@](C)(CCO)C[C@@H]1C)/C=C/[C@H]1OC(=O)C=C[C@@H]1C. The number of aliphatic hydroxyl groups excluding tert-OH is 1. The summed E-state index contributed by atoms with van der Waals surface area (Å²) in [5.74, 6) is 0.374. The van der Waals surface area contributed by atoms with Crippen LogP contribution in [-0.2, 0) is 19.1 Å². The predicted molar refractivity (Wildman–Crippen MR) is 154 cm³/mol. The number of cyclic esters (lactones) is 1. The molecule has 0 amide bonds. The summed E-state index contributed by atoms with van der Waals surface area (Å²) in [6.07, 6.45) is 19.0. The molecule has 5 nitrogen and oxygen atoms in total. The maximum Gasteiger partial charge on any atom is 0.331 e. The number of ketones is 1. The lowest BCUT2D eigenvalue weighted by Gasteiger charge is -2.27. The van der Waals surface area contributed by atoms with Crippen LogP contribution in [0.1, 0.15) is 81.1 Å². The fourth-order valence-corrected chi connectivity index (χ4v) is 5.64. The first-order valence-corrected chi connectivity index (χ1v) is 14.3. The lowest BCUT2D eigenvalue weighted by Crippen LogP contribution is -2.34. The molecule has 2 aliphatic heterocycles. The first kappa shape index (κ1) is 32.0. The molecular formula is C33H50O5. The monoisotopic (exact) mass is 526 g/mol. The standard InChI is InChI=1S/C33H50O5/c1-9-28(14-15-29-24(4)13-16-30(35)37-29)20-23(3)12-10-11-22(2)19-25(5)31(36)27(7)32-26(6)21-33(8,38-32)17-18-34/h10-11,13-16,19-20,23-27,29,32,34H,9,12,17-18,21H2,1-8H3/b11-10+,15-14+,22-19+,28-20-/t23-,24-,25-,26-,27-,29+,32-,33+/m0/s1. The highest BCUT2D eigenvalue weighted by Gasteiger charge is 2.44. The number of carbonyl (C=O) groups excluding carboxylic acids is 2. The van der Waals surface area contributed by atoms with E-state index in [1.54, 1.807) is 0 Å². The highest BCUT2D eigenvalue weighted by molar-refractivity contribution is 5.85. The molecule has 5 heteroatoms. The van der Waals surface area contributed by atoms with E-state index in [4.69, 9.17) is 9.47 Å². The van der Waals surface area contributed by atoms with Gasteiger partial charge in [0.25, 0.3) is 0 Å². The first-order chi connectivity index (χ1) is 17.9. The zero-order chi connectivity index (χ0) is 28.5. The van der Waals surface area contributed by atoms with Crippen molar-refractivity contribution in [2.45, 2.75) is 98.9 Å². The molecule has 0 saturated carbocycles. The number of carbonyl (C=O) groups is 2. The average molecular weight is 527 g/mol. The second-order valence-corrected chi connectivity index (χ2v) is 11.8. The Bertz CT molecular complexity index is 954. The van der Waals surface area contributed by atoms with Crippen LogP contribution < -0.4 is 0 Å². The van der Waals surface area contributed by atoms with Gasteiger partial charge in [-0.05, 0) is 57.4 Å². The average Bonchev–Trinajstić information content (AvgIpc) is 3.16. The summed E-state index contributed by atoms with van der Waals surface area (Å²) in [4.78, 5) is 24.7. The number of aliphatic hydroxyl groups is 1. The van der Waals surface area contributed by atoms with Crippen LogP contribution in [0.15, 0.2) is 59.8 Å². The highest BCUT2D eigenvalue weighted by Crippen LogP contribution is 2.40. The molecule has 1 fully saturated rings. The predicted octanol–water partition coefficient (Wildman–Crippen LogP) is 6.93. The van der Waals surface area contributed by atoms with Crippen LogP contribution in [-0.4, -0.2) is 41.3 Å². The summed E-state index contributed by atoms with van der Waals surface area (Å²) in [5.41, 5.74) is 1.96. The van der Waals surface area contributed by atoms with E-state index in [9.17, 15) is 14.7 Å². The van der Waals surface area contributed by atoms with Gasteiger partial charge < -0.3 is 14.6 Å². The lowest BCUT2D eigenvalue weighted by molar-refractivity contribution is -0.143. The molecule has 8 atom stereocenters. The summed E-state index contributed by atoms with van der Waals surface area (Å²) in [5, 5.41) is 9.37. The van der Waals surface area contributed by atoms with Crippen LogP contribution in [0.5, 0.6) is 0 Å². The third-order valence-electron chi connectivity index (χ3n) is 7.88. The minimum Gasteiger partial charge on any atom is -0.454 e. The highest BCUT2D eigenvalue weighted by atomic mass is 16.5. The van der Waals surface area contributed by atoms with Gasteiger partial charge in [0.1, 0.15) is 11.9 Å². The zero-order valence-corrected chi connectivity index (χ0v) is 24.8. The van der Waals surface area contributed by atoms with Crippen molar-refractivity contribution >= 4 is 11.8 Å². The number of hydrogen-bond acceptors (Lipinski definition) is 5. The van der Waals surface area contributed by atoms with Gasteiger partial charge in [-0.2, -0.15) is 0 Å². The van der Waals surface area contributed by atoms with Crippen LogP contribution in [0.25, 0.3) is 0 Å². The minimum absolute atomic E-state index is 0.0997. The molecule has 0 aliphatic carbocycles. The molecule has 0 radical (unpaired) electrons. The summed E-state index contributed by atoms with van der Waals surface area (Å²) in [6, 6.07) is 0. The Morgan fingerprint density at radius 1 is 1.21 bits per heavy atom. The van der Waals surface area contributed by atoms with Crippen molar-refractivity contribution in [2.75, 3.05) is 6.61 Å². The fourth-order valence-electron chi connectivity index (χ4n) is 5.64. The van der Waals surface area contributed by atoms with E-state index in [2.05, 4.69) is 45.1 Å². The van der Waals surface area contributed by atoms with Crippen LogP contribution in [0.3, 0.4) is 0 Å². The second kappa shape index (κ2) is 14.8. The van der Waals surface area contributed by atoms with E-state index in [0.29, 0.717) is 12.3 Å². The van der Waals surface area contributed by atoms with Crippen molar-refractivity contribution in [2.24, 2.45) is 29.6 Å². The van der Waals surface area contributed by atoms with Gasteiger partial charge in [-0.3, -0.25) is 4.79 Å². The largest absolute Gasteiger partial charge is 0.454 e. The van der Waals surface area contributed by atoms with E-state index in [0.717, 1.165) is 24.8 Å². The Morgan fingerprint density at radius 2 is 1.92 bits per heavy atom. The van der Waals surface area contributed by atoms with Crippen molar-refractivity contribution in [3.8, 4) is 0 Å². The van der Waals surface area contributed by atoms with Crippen LogP contribution in [0, 0.1) is 29.6 Å². The third kappa shape index (κ3) is 9.50. The molecule has 1 saturated heterocycles. The van der Waals surface area contributed by atoms with Gasteiger partial charge in [0.15, 0.2) is 0 Å². The molecule has 0 aromatic rings. The third-order valence-corrected chi connectivity index (χ3v) is 7.88. The molecule has 38 heavy (non-hydrogen) atoms. The van der Waals surface area contributed by atoms with Crippen LogP contribution in [0.2, 0.25) is 0 Å². The van der Waals surface area contributed by atoms with E-state index >= 15 is 0 Å². The normalized spacial score (nSPS) is 31.1. The number of ether oxygens (including phenoxy) is 2. The molecule has 0 spiro atoms. The Labute approximate surface area is 230 Å². The van der Waals surface area contributed by atoms with Gasteiger partial charge >= 0.3 is 5.97 Å². The number of rotatable bonds is 13. The van der Waals surface area contributed by atoms with Crippen molar-refractivity contribution in [1.29, 1.82) is 0 Å². The van der Waals surface area contributed by atoms with E-state index < -0.39 is 0 Å². The second-order valence-electron chi connectivity index (χ2n) is 11.8. The Hall–Kier alpha value is -2.24. The van der Waals surface area contributed by atoms with Gasteiger partial charge in [-0.1, -0.05) is 89.1 Å². The van der Waals surface area contributed by atoms with Gasteiger partial charge in [0, 0.05) is 30.4 Å². The van der Waals surface area contributed by atoms with Crippen molar-refractivity contribution in [1.82, 2.24) is 0 Å². The molecule has 0 bridgehead atoms. The number of hydrogen-bond donors (Lipinski definition) is 1. The van der Waals surface area contributed by atoms with Gasteiger partial charge in [0.2, 0.25) is 0 Å². The molecule has 0 aromatic carbocycles. The quantitative estimate of drug-likeness (QED) is 0.208. The summed E-state index contributed by atoms with van der Waals surface area (Å²) in [7, 11) is 0. The topological polar surface area (TPSA) is 72.8 Å². The minimum atomic E-state index is -0.345. The van der Waals surface area contributed by atoms with Crippen molar-refractivity contribution in [3.05, 3.63) is 59.8 Å². The van der Waals surface area contributed by atoms with Crippen LogP contribution >= 0.6 is 0 Å². The molecule has 0 aromatic heterocycles. The van der Waals surface area contributed by atoms with E-state index in [1.165, 1.54) is 11.6 Å². The smallest absolute Gasteiger partial charge is 0.331 e. The van der Waals surface area contributed by atoms with Crippen LogP contribution in [0.4, 0.5) is 0 Å². The molecular weight excluding hydrogens is 476 g/mol. The molecule has 0 unspecified atom stereocenters. The first-order valence-electron chi connectivity index (χ1n) is 14.3. The number of Topliss-reactive ketones (excluding diaryl/α,β-unsaturated/α-hetero) is 1. The van der Waals surface area contributed by atoms with Crippen molar-refractivity contribution < 1.29 is 24.2 Å². The fraction of sp³-hybridized carbons (Fsp3) is 0.636. The Balaban J connectivity index is 1.91. The Kier molecular flexibility index (Phi) is 12.4. The molecule has 2 rings (SSSR count). The maximum absolute atomic E-state index is 13.2. The maximum atomic E-state index is 13.2.